The zero-order chi connectivity index (χ0) is 8.43. The Hall–Kier alpha value is -1.56. The number of nitrogens with one attached hydrogen (secondary N) is 2. The van der Waals surface area contributed by atoms with Gasteiger partial charge in [-0.05, 0) is 0 Å². The average Bonchev–Trinajstić information content (AvgIpc) is 1.99. The molecule has 1 rings (SSSR count). The van der Waals surface area contributed by atoms with Gasteiger partial charge in [0.25, 0.3) is 5.56 Å². The molecule has 0 amide bonds. The predicted molar refractivity (Wildman–Crippen MR) is 37.7 cm³/mol. The number of aromatic nitrogens is 2. The smallest absolute Gasteiger partial charge is 0.292 e. The van der Waals surface area contributed by atoms with Gasteiger partial charge in [0.2, 0.25) is 0 Å². The van der Waals surface area contributed by atoms with E-state index in [4.69, 9.17) is 5.21 Å². The van der Waals surface area contributed by atoms with Crippen molar-refractivity contribution < 1.29 is 5.21 Å². The van der Waals surface area contributed by atoms with Gasteiger partial charge < -0.3 is 0 Å². The summed E-state index contributed by atoms with van der Waals surface area (Å²) in [5.74, 6) is -0.0156. The van der Waals surface area contributed by atoms with E-state index in [0.29, 0.717) is 0 Å². The molecule has 0 atom stereocenters. The van der Waals surface area contributed by atoms with Gasteiger partial charge in [-0.2, -0.15) is 0 Å². The molecule has 3 N–H and O–H groups in total. The minimum Gasteiger partial charge on any atom is -0.292 e. The van der Waals surface area contributed by atoms with Crippen LogP contribution in [0.1, 0.15) is 0 Å². The number of anilines is 1. The van der Waals surface area contributed by atoms with Gasteiger partial charge in [-0.25, -0.2) is 4.79 Å². The van der Waals surface area contributed by atoms with Gasteiger partial charge in [0.15, 0.2) is 0 Å². The second-order valence-corrected chi connectivity index (χ2v) is 2.00. The van der Waals surface area contributed by atoms with Crippen LogP contribution in [-0.4, -0.2) is 14.8 Å². The van der Waals surface area contributed by atoms with Crippen molar-refractivity contribution >= 4 is 5.82 Å². The van der Waals surface area contributed by atoms with Crippen molar-refractivity contribution in [2.75, 3.05) is 5.48 Å². The second kappa shape index (κ2) is 2.59. The summed E-state index contributed by atoms with van der Waals surface area (Å²) in [6, 6.07) is 1.07. The normalized spacial score (nSPS) is 9.64. The molecule has 0 radical (unpaired) electrons. The van der Waals surface area contributed by atoms with E-state index in [0.717, 1.165) is 10.6 Å². The van der Waals surface area contributed by atoms with Crippen molar-refractivity contribution in [2.24, 2.45) is 7.05 Å². The molecule has 1 aromatic rings. The van der Waals surface area contributed by atoms with Crippen LogP contribution in [0, 0.1) is 0 Å². The first-order valence-electron chi connectivity index (χ1n) is 2.85. The summed E-state index contributed by atoms with van der Waals surface area (Å²) in [6.07, 6.45) is 0. The molecule has 0 spiro atoms. The third kappa shape index (κ3) is 1.30. The topological polar surface area (TPSA) is 87.1 Å². The van der Waals surface area contributed by atoms with Crippen LogP contribution in [0.15, 0.2) is 15.7 Å². The summed E-state index contributed by atoms with van der Waals surface area (Å²) in [7, 11) is 1.34. The average molecular weight is 157 g/mol. The van der Waals surface area contributed by atoms with Crippen molar-refractivity contribution in [3.8, 4) is 0 Å². The molecule has 6 heteroatoms. The highest BCUT2D eigenvalue weighted by Crippen LogP contribution is 1.87. The van der Waals surface area contributed by atoms with Crippen LogP contribution in [-0.2, 0) is 7.05 Å². The molecule has 0 bridgehead atoms. The molecule has 1 aromatic heterocycles. The van der Waals surface area contributed by atoms with Crippen LogP contribution >= 0.6 is 0 Å². The standard InChI is InChI=1S/C5H7N3O3/c1-8-4(9)2-3(7-11)6-5(8)10/h2,7,11H,1H3,(H,6,10). The fourth-order valence-electron chi connectivity index (χ4n) is 0.616. The highest BCUT2D eigenvalue weighted by molar-refractivity contribution is 5.27. The minimum atomic E-state index is -0.575. The Morgan fingerprint density at radius 2 is 2.27 bits per heavy atom. The molecule has 0 aliphatic rings. The van der Waals surface area contributed by atoms with E-state index in [2.05, 4.69) is 4.98 Å². The van der Waals surface area contributed by atoms with Crippen molar-refractivity contribution in [1.29, 1.82) is 0 Å². The van der Waals surface area contributed by atoms with E-state index in [9.17, 15) is 9.59 Å². The molecule has 1 heterocycles. The lowest BCUT2D eigenvalue weighted by Gasteiger charge is -1.98. The lowest BCUT2D eigenvalue weighted by atomic mass is 10.6. The summed E-state index contributed by atoms with van der Waals surface area (Å²) in [6.45, 7) is 0. The first-order chi connectivity index (χ1) is 5.15. The fourth-order valence-corrected chi connectivity index (χ4v) is 0.616. The molecule has 0 aliphatic carbocycles. The van der Waals surface area contributed by atoms with Crippen LogP contribution in [0.25, 0.3) is 0 Å². The molecule has 6 nitrogen and oxygen atoms in total. The molecule has 0 aromatic carbocycles. The van der Waals surface area contributed by atoms with Gasteiger partial charge in [0.1, 0.15) is 5.82 Å². The third-order valence-corrected chi connectivity index (χ3v) is 1.27. The highest BCUT2D eigenvalue weighted by atomic mass is 16.5. The predicted octanol–water partition coefficient (Wildman–Crippen LogP) is -1.13. The summed E-state index contributed by atoms with van der Waals surface area (Å²) >= 11 is 0. The van der Waals surface area contributed by atoms with E-state index >= 15 is 0 Å². The molecular weight excluding hydrogens is 150 g/mol. The zero-order valence-electron chi connectivity index (χ0n) is 5.79. The van der Waals surface area contributed by atoms with Gasteiger partial charge in [0, 0.05) is 13.1 Å². The Bertz CT molecular complexity index is 333. The van der Waals surface area contributed by atoms with E-state index in [1.165, 1.54) is 7.05 Å². The minimum absolute atomic E-state index is 0.0156. The van der Waals surface area contributed by atoms with E-state index in [1.54, 1.807) is 5.48 Å². The number of rotatable bonds is 1. The van der Waals surface area contributed by atoms with E-state index < -0.39 is 11.2 Å². The Kier molecular flexibility index (Phi) is 1.77. The second-order valence-electron chi connectivity index (χ2n) is 2.00. The zero-order valence-corrected chi connectivity index (χ0v) is 5.79. The van der Waals surface area contributed by atoms with Crippen molar-refractivity contribution in [1.82, 2.24) is 9.55 Å². The Labute approximate surface area is 61.1 Å². The summed E-state index contributed by atoms with van der Waals surface area (Å²) in [5, 5.41) is 8.31. The number of H-pyrrole nitrogens is 1. The van der Waals surface area contributed by atoms with Crippen LogP contribution in [0.3, 0.4) is 0 Å². The van der Waals surface area contributed by atoms with Crippen LogP contribution in [0.4, 0.5) is 5.82 Å². The number of hydrogen-bond acceptors (Lipinski definition) is 4. The van der Waals surface area contributed by atoms with Crippen LogP contribution < -0.4 is 16.7 Å². The molecule has 0 saturated carbocycles. The quantitative estimate of drug-likeness (QED) is 0.450. The first kappa shape index (κ1) is 7.55. The maximum absolute atomic E-state index is 10.8. The van der Waals surface area contributed by atoms with Gasteiger partial charge >= 0.3 is 5.69 Å². The van der Waals surface area contributed by atoms with Crippen LogP contribution in [0.5, 0.6) is 0 Å². The Morgan fingerprint density at radius 3 is 2.73 bits per heavy atom. The number of hydrogen-bond donors (Lipinski definition) is 3. The summed E-state index contributed by atoms with van der Waals surface area (Å²) in [4.78, 5) is 23.8. The first-order valence-corrected chi connectivity index (χ1v) is 2.85. The van der Waals surface area contributed by atoms with E-state index in [-0.39, 0.29) is 5.82 Å². The molecule has 0 fully saturated rings. The van der Waals surface area contributed by atoms with Gasteiger partial charge in [-0.1, -0.05) is 0 Å². The molecule has 0 unspecified atom stereocenters. The van der Waals surface area contributed by atoms with Gasteiger partial charge in [-0.3, -0.25) is 25.0 Å². The lowest BCUT2D eigenvalue weighted by Crippen LogP contribution is -2.32. The molecular formula is C5H7N3O3. The lowest BCUT2D eigenvalue weighted by molar-refractivity contribution is 0.385. The van der Waals surface area contributed by atoms with Gasteiger partial charge in [-0.15, -0.1) is 0 Å². The van der Waals surface area contributed by atoms with Crippen LogP contribution in [0.2, 0.25) is 0 Å². The third-order valence-electron chi connectivity index (χ3n) is 1.27. The summed E-state index contributed by atoms with van der Waals surface area (Å²) in [5.41, 5.74) is 0.611. The number of aromatic amines is 1. The highest BCUT2D eigenvalue weighted by Gasteiger charge is 1.97. The fraction of sp³-hybridized carbons (Fsp3) is 0.200. The maximum atomic E-state index is 10.8. The maximum Gasteiger partial charge on any atom is 0.329 e. The van der Waals surface area contributed by atoms with E-state index in [1.807, 2.05) is 0 Å². The molecule has 60 valence electrons. The molecule has 0 aliphatic heterocycles. The molecule has 0 saturated heterocycles. The largest absolute Gasteiger partial charge is 0.329 e. The Balaban J connectivity index is 3.45. The monoisotopic (exact) mass is 157 g/mol. The van der Waals surface area contributed by atoms with Gasteiger partial charge in [0.05, 0.1) is 0 Å². The van der Waals surface area contributed by atoms with Crippen molar-refractivity contribution in [3.63, 3.8) is 0 Å². The molecule has 11 heavy (non-hydrogen) atoms. The Morgan fingerprint density at radius 1 is 1.64 bits per heavy atom. The van der Waals surface area contributed by atoms with Crippen molar-refractivity contribution in [2.45, 2.75) is 0 Å². The summed E-state index contributed by atoms with van der Waals surface area (Å²) < 4.78 is 0.890. The SMILES string of the molecule is Cn1c(=O)cc(NO)[nH]c1=O. The number of nitrogens with zero attached hydrogens (tertiary/aromatic N) is 1. The van der Waals surface area contributed by atoms with Crippen molar-refractivity contribution in [3.05, 3.63) is 26.9 Å².